The van der Waals surface area contributed by atoms with E-state index in [9.17, 15) is 0 Å². The first kappa shape index (κ1) is 9.62. The number of nitrogens with zero attached hydrogens (tertiary/aromatic N) is 2. The summed E-state index contributed by atoms with van der Waals surface area (Å²) < 4.78 is 0. The third-order valence-corrected chi connectivity index (χ3v) is 3.08. The second kappa shape index (κ2) is 4.07. The molecule has 0 saturated heterocycles. The molecule has 2 heterocycles. The van der Waals surface area contributed by atoms with Crippen LogP contribution in [0.4, 0.5) is 0 Å². The van der Waals surface area contributed by atoms with Crippen LogP contribution in [-0.2, 0) is 5.88 Å². The molecule has 0 aromatic carbocycles. The van der Waals surface area contributed by atoms with E-state index < -0.39 is 0 Å². The van der Waals surface area contributed by atoms with Crippen LogP contribution in [0.1, 0.15) is 10.6 Å². The zero-order valence-electron chi connectivity index (χ0n) is 7.70. The van der Waals surface area contributed by atoms with Crippen LogP contribution in [0, 0.1) is 6.92 Å². The summed E-state index contributed by atoms with van der Waals surface area (Å²) in [7, 11) is 0. The zero-order chi connectivity index (χ0) is 9.97. The van der Waals surface area contributed by atoms with Gasteiger partial charge in [0.25, 0.3) is 0 Å². The lowest BCUT2D eigenvalue weighted by Crippen LogP contribution is -1.90. The molecule has 2 aromatic rings. The van der Waals surface area contributed by atoms with Crippen molar-refractivity contribution in [1.82, 2.24) is 9.97 Å². The van der Waals surface area contributed by atoms with E-state index in [1.54, 1.807) is 17.5 Å². The van der Waals surface area contributed by atoms with E-state index in [2.05, 4.69) is 23.0 Å². The van der Waals surface area contributed by atoms with Gasteiger partial charge >= 0.3 is 0 Å². The maximum atomic E-state index is 5.70. The summed E-state index contributed by atoms with van der Waals surface area (Å²) in [6, 6.07) is 5.93. The van der Waals surface area contributed by atoms with E-state index >= 15 is 0 Å². The minimum absolute atomic E-state index is 0.430. The molecule has 2 nitrogen and oxygen atoms in total. The molecule has 2 rings (SSSR count). The number of halogens is 1. The SMILES string of the molecule is Cc1ccc(-c2nccc(CCl)n2)s1. The van der Waals surface area contributed by atoms with Gasteiger partial charge in [-0.1, -0.05) is 0 Å². The second-order valence-corrected chi connectivity index (χ2v) is 4.47. The van der Waals surface area contributed by atoms with Gasteiger partial charge in [-0.2, -0.15) is 0 Å². The van der Waals surface area contributed by atoms with Gasteiger partial charge in [-0.25, -0.2) is 9.97 Å². The molecule has 14 heavy (non-hydrogen) atoms. The highest BCUT2D eigenvalue weighted by Crippen LogP contribution is 2.24. The van der Waals surface area contributed by atoms with Crippen LogP contribution in [0.2, 0.25) is 0 Å². The molecule has 0 saturated carbocycles. The third-order valence-electron chi connectivity index (χ3n) is 1.81. The predicted octanol–water partition coefficient (Wildman–Crippen LogP) is 3.25. The topological polar surface area (TPSA) is 25.8 Å². The van der Waals surface area contributed by atoms with E-state index in [1.807, 2.05) is 12.1 Å². The molecule has 0 amide bonds. The van der Waals surface area contributed by atoms with Gasteiger partial charge < -0.3 is 0 Å². The second-order valence-electron chi connectivity index (χ2n) is 2.92. The van der Waals surface area contributed by atoms with Crippen LogP contribution in [-0.4, -0.2) is 9.97 Å². The zero-order valence-corrected chi connectivity index (χ0v) is 9.27. The monoisotopic (exact) mass is 224 g/mol. The summed E-state index contributed by atoms with van der Waals surface area (Å²) in [4.78, 5) is 10.9. The minimum Gasteiger partial charge on any atom is -0.236 e. The maximum absolute atomic E-state index is 5.70. The van der Waals surface area contributed by atoms with Crippen molar-refractivity contribution >= 4 is 22.9 Å². The molecule has 0 aliphatic carbocycles. The summed E-state index contributed by atoms with van der Waals surface area (Å²) in [6.45, 7) is 2.07. The maximum Gasteiger partial charge on any atom is 0.169 e. The Bertz CT molecular complexity index is 439. The number of thiophene rings is 1. The Hall–Kier alpha value is -0.930. The lowest BCUT2D eigenvalue weighted by molar-refractivity contribution is 1.10. The first-order valence-electron chi connectivity index (χ1n) is 4.24. The van der Waals surface area contributed by atoms with Crippen LogP contribution in [0.25, 0.3) is 10.7 Å². The fourth-order valence-electron chi connectivity index (χ4n) is 1.14. The number of aromatic nitrogens is 2. The summed E-state index contributed by atoms with van der Waals surface area (Å²) in [6.07, 6.45) is 1.75. The molecule has 0 spiro atoms. The van der Waals surface area contributed by atoms with Crippen molar-refractivity contribution in [3.05, 3.63) is 35.0 Å². The lowest BCUT2D eigenvalue weighted by Gasteiger charge is -1.97. The highest BCUT2D eigenvalue weighted by atomic mass is 35.5. The van der Waals surface area contributed by atoms with Crippen molar-refractivity contribution in [1.29, 1.82) is 0 Å². The van der Waals surface area contributed by atoms with E-state index in [0.717, 1.165) is 16.4 Å². The number of hydrogen-bond donors (Lipinski definition) is 0. The molecular formula is C10H9ClN2S. The fraction of sp³-hybridized carbons (Fsp3) is 0.200. The molecule has 0 fully saturated rings. The Morgan fingerprint density at radius 3 is 2.86 bits per heavy atom. The highest BCUT2D eigenvalue weighted by molar-refractivity contribution is 7.15. The van der Waals surface area contributed by atoms with Gasteiger partial charge in [0.15, 0.2) is 5.82 Å². The molecule has 4 heteroatoms. The smallest absolute Gasteiger partial charge is 0.169 e. The first-order chi connectivity index (χ1) is 6.79. The minimum atomic E-state index is 0.430. The molecule has 2 aromatic heterocycles. The number of hydrogen-bond acceptors (Lipinski definition) is 3. The van der Waals surface area contributed by atoms with Crippen molar-refractivity contribution in [2.45, 2.75) is 12.8 Å². The Morgan fingerprint density at radius 2 is 2.21 bits per heavy atom. The van der Waals surface area contributed by atoms with Crippen molar-refractivity contribution in [2.75, 3.05) is 0 Å². The van der Waals surface area contributed by atoms with Crippen LogP contribution in [0.15, 0.2) is 24.4 Å². The van der Waals surface area contributed by atoms with Gasteiger partial charge in [-0.15, -0.1) is 22.9 Å². The average Bonchev–Trinajstić information content (AvgIpc) is 2.65. The molecule has 0 unspecified atom stereocenters. The van der Waals surface area contributed by atoms with Gasteiger partial charge in [0.1, 0.15) is 0 Å². The summed E-state index contributed by atoms with van der Waals surface area (Å²) >= 11 is 7.40. The highest BCUT2D eigenvalue weighted by Gasteiger charge is 2.04. The quantitative estimate of drug-likeness (QED) is 0.732. The van der Waals surface area contributed by atoms with E-state index in [-0.39, 0.29) is 0 Å². The average molecular weight is 225 g/mol. The third kappa shape index (κ3) is 1.94. The largest absolute Gasteiger partial charge is 0.236 e. The van der Waals surface area contributed by atoms with Crippen molar-refractivity contribution < 1.29 is 0 Å². The van der Waals surface area contributed by atoms with Crippen molar-refractivity contribution in [2.24, 2.45) is 0 Å². The number of rotatable bonds is 2. The van der Waals surface area contributed by atoms with Crippen LogP contribution in [0.3, 0.4) is 0 Å². The predicted molar refractivity (Wildman–Crippen MR) is 59.6 cm³/mol. The summed E-state index contributed by atoms with van der Waals surface area (Å²) in [5, 5.41) is 0. The standard InChI is InChI=1S/C10H9ClN2S/c1-7-2-3-9(14-7)10-12-5-4-8(6-11)13-10/h2-5H,6H2,1H3. The number of aryl methyl sites for hydroxylation is 1. The van der Waals surface area contributed by atoms with Crippen LogP contribution in [0.5, 0.6) is 0 Å². The van der Waals surface area contributed by atoms with Gasteiger partial charge in [-0.3, -0.25) is 0 Å². The molecular weight excluding hydrogens is 216 g/mol. The summed E-state index contributed by atoms with van der Waals surface area (Å²) in [5.41, 5.74) is 0.864. The number of alkyl halides is 1. The normalized spacial score (nSPS) is 10.4. The van der Waals surface area contributed by atoms with E-state index in [4.69, 9.17) is 11.6 Å². The lowest BCUT2D eigenvalue weighted by atomic mass is 10.4. The van der Waals surface area contributed by atoms with Crippen LogP contribution < -0.4 is 0 Å². The van der Waals surface area contributed by atoms with E-state index in [1.165, 1.54) is 4.88 Å². The Balaban J connectivity index is 2.41. The Kier molecular flexibility index (Phi) is 2.79. The Labute approximate surface area is 91.6 Å². The van der Waals surface area contributed by atoms with E-state index in [0.29, 0.717) is 5.88 Å². The first-order valence-corrected chi connectivity index (χ1v) is 5.59. The fourth-order valence-corrected chi connectivity index (χ4v) is 2.10. The Morgan fingerprint density at radius 1 is 1.36 bits per heavy atom. The molecule has 0 N–H and O–H groups in total. The molecule has 0 aliphatic heterocycles. The van der Waals surface area contributed by atoms with Gasteiger partial charge in [0, 0.05) is 11.1 Å². The molecule has 0 aliphatic rings. The van der Waals surface area contributed by atoms with Gasteiger partial charge in [-0.05, 0) is 25.1 Å². The van der Waals surface area contributed by atoms with Crippen LogP contribution >= 0.6 is 22.9 Å². The molecule has 72 valence electrons. The molecule has 0 radical (unpaired) electrons. The van der Waals surface area contributed by atoms with Crippen molar-refractivity contribution in [3.8, 4) is 10.7 Å². The summed E-state index contributed by atoms with van der Waals surface area (Å²) in [5.74, 6) is 1.20. The van der Waals surface area contributed by atoms with Gasteiger partial charge in [0.05, 0.1) is 16.5 Å². The van der Waals surface area contributed by atoms with Gasteiger partial charge in [0.2, 0.25) is 0 Å². The molecule has 0 atom stereocenters. The van der Waals surface area contributed by atoms with Crippen molar-refractivity contribution in [3.63, 3.8) is 0 Å². The molecule has 0 bridgehead atoms.